The van der Waals surface area contributed by atoms with E-state index in [0.717, 1.165) is 0 Å². The van der Waals surface area contributed by atoms with Gasteiger partial charge in [0.25, 0.3) is 11.8 Å². The van der Waals surface area contributed by atoms with E-state index in [0.29, 0.717) is 17.9 Å². The number of benzene rings is 1. The van der Waals surface area contributed by atoms with Crippen molar-refractivity contribution in [2.75, 3.05) is 13.2 Å². The van der Waals surface area contributed by atoms with Crippen molar-refractivity contribution in [1.82, 2.24) is 10.8 Å². The van der Waals surface area contributed by atoms with Crippen molar-refractivity contribution in [2.24, 2.45) is 5.73 Å². The molecule has 0 heterocycles. The van der Waals surface area contributed by atoms with E-state index in [2.05, 4.69) is 5.32 Å². The number of hydrogen-bond acceptors (Lipinski definition) is 5. The molecule has 7 heteroatoms. The minimum Gasteiger partial charge on any atom is -0.494 e. The van der Waals surface area contributed by atoms with Gasteiger partial charge in [0.05, 0.1) is 6.61 Å². The van der Waals surface area contributed by atoms with E-state index >= 15 is 0 Å². The highest BCUT2D eigenvalue weighted by atomic mass is 16.5. The first-order valence-electron chi connectivity index (χ1n) is 6.16. The molecule has 1 rings (SSSR count). The lowest BCUT2D eigenvalue weighted by molar-refractivity contribution is -0.134. The summed E-state index contributed by atoms with van der Waals surface area (Å²) in [6.45, 7) is 3.67. The molecule has 0 aliphatic heterocycles. The summed E-state index contributed by atoms with van der Waals surface area (Å²) in [5.74, 6) is -0.595. The number of hydrogen-bond donors (Lipinski definition) is 4. The Morgan fingerprint density at radius 1 is 1.35 bits per heavy atom. The topological polar surface area (TPSA) is 114 Å². The summed E-state index contributed by atoms with van der Waals surface area (Å²) in [5, 5.41) is 11.1. The molecule has 0 aliphatic rings. The highest BCUT2D eigenvalue weighted by molar-refractivity contribution is 5.99. The third kappa shape index (κ3) is 3.69. The Hall–Kier alpha value is -2.12. The van der Waals surface area contributed by atoms with Crippen molar-refractivity contribution in [1.29, 1.82) is 0 Å². The maximum Gasteiger partial charge on any atom is 0.270 e. The maximum atomic E-state index is 12.0. The zero-order valence-corrected chi connectivity index (χ0v) is 11.5. The molecule has 0 spiro atoms. The largest absolute Gasteiger partial charge is 0.494 e. The molecule has 5 N–H and O–H groups in total. The van der Waals surface area contributed by atoms with Crippen molar-refractivity contribution < 1.29 is 19.5 Å². The average Bonchev–Trinajstić information content (AvgIpc) is 2.47. The van der Waals surface area contributed by atoms with E-state index < -0.39 is 17.4 Å². The van der Waals surface area contributed by atoms with Gasteiger partial charge >= 0.3 is 0 Å². The van der Waals surface area contributed by atoms with Gasteiger partial charge in [0, 0.05) is 12.1 Å². The summed E-state index contributed by atoms with van der Waals surface area (Å²) in [5.41, 5.74) is 5.93. The van der Waals surface area contributed by atoms with Gasteiger partial charge in [-0.15, -0.1) is 0 Å². The first kappa shape index (κ1) is 15.9. The molecule has 0 fully saturated rings. The van der Waals surface area contributed by atoms with Gasteiger partial charge in [-0.25, -0.2) is 5.48 Å². The molecule has 1 atom stereocenters. The van der Waals surface area contributed by atoms with E-state index in [1.807, 2.05) is 6.92 Å². The van der Waals surface area contributed by atoms with Gasteiger partial charge in [-0.05, 0) is 38.1 Å². The van der Waals surface area contributed by atoms with Crippen LogP contribution >= 0.6 is 0 Å². The molecule has 0 unspecified atom stereocenters. The minimum atomic E-state index is -1.38. The number of amides is 2. The summed E-state index contributed by atoms with van der Waals surface area (Å²) < 4.78 is 5.27. The maximum absolute atomic E-state index is 12.0. The Balaban J connectivity index is 2.82. The SMILES string of the molecule is CCOc1ccc(C(=O)N[C@@](C)(CN)C(=O)NO)cc1. The number of nitrogens with two attached hydrogens (primary N) is 1. The molecule has 20 heavy (non-hydrogen) atoms. The highest BCUT2D eigenvalue weighted by Gasteiger charge is 2.33. The van der Waals surface area contributed by atoms with E-state index in [1.54, 1.807) is 24.3 Å². The molecule has 110 valence electrons. The summed E-state index contributed by atoms with van der Waals surface area (Å²) in [6.07, 6.45) is 0. The van der Waals surface area contributed by atoms with E-state index in [1.165, 1.54) is 12.4 Å². The normalized spacial score (nSPS) is 13.2. The van der Waals surface area contributed by atoms with E-state index in [9.17, 15) is 9.59 Å². The van der Waals surface area contributed by atoms with Gasteiger partial charge in [-0.3, -0.25) is 14.8 Å². The van der Waals surface area contributed by atoms with Gasteiger partial charge in [-0.2, -0.15) is 0 Å². The van der Waals surface area contributed by atoms with Crippen molar-refractivity contribution in [3.63, 3.8) is 0 Å². The standard InChI is InChI=1S/C13H19N3O4/c1-3-20-10-6-4-9(5-7-10)11(17)15-13(2,8-14)12(18)16-19/h4-7,19H,3,8,14H2,1-2H3,(H,15,17)(H,16,18)/t13-/m0/s1. The monoisotopic (exact) mass is 281 g/mol. The van der Waals surface area contributed by atoms with E-state index in [4.69, 9.17) is 15.7 Å². The van der Waals surface area contributed by atoms with Crippen LogP contribution in [0, 0.1) is 0 Å². The van der Waals surface area contributed by atoms with Gasteiger partial charge in [0.1, 0.15) is 11.3 Å². The lowest BCUT2D eigenvalue weighted by Crippen LogP contribution is -2.60. The smallest absolute Gasteiger partial charge is 0.270 e. The molecule has 1 aromatic carbocycles. The van der Waals surface area contributed by atoms with E-state index in [-0.39, 0.29) is 6.54 Å². The van der Waals surface area contributed by atoms with Crippen LogP contribution in [-0.2, 0) is 4.79 Å². The molecule has 1 aromatic rings. The number of carbonyl (C=O) groups excluding carboxylic acids is 2. The molecule has 0 radical (unpaired) electrons. The predicted octanol–water partition coefficient (Wildman–Crippen LogP) is 0.0379. The molecular formula is C13H19N3O4. The number of carbonyl (C=O) groups is 2. The first-order chi connectivity index (χ1) is 9.46. The van der Waals surface area contributed by atoms with Gasteiger partial charge in [-0.1, -0.05) is 0 Å². The van der Waals surface area contributed by atoms with Crippen LogP contribution in [0.25, 0.3) is 0 Å². The fourth-order valence-corrected chi connectivity index (χ4v) is 1.52. The zero-order chi connectivity index (χ0) is 15.2. The van der Waals surface area contributed by atoms with Gasteiger partial charge < -0.3 is 15.8 Å². The van der Waals surface area contributed by atoms with Crippen molar-refractivity contribution in [3.8, 4) is 5.75 Å². The van der Waals surface area contributed by atoms with Crippen LogP contribution in [0.4, 0.5) is 0 Å². The Morgan fingerprint density at radius 2 is 1.95 bits per heavy atom. The van der Waals surface area contributed by atoms with Crippen LogP contribution in [0.1, 0.15) is 24.2 Å². The van der Waals surface area contributed by atoms with Crippen LogP contribution in [0.2, 0.25) is 0 Å². The Kier molecular flexibility index (Phi) is 5.48. The molecule has 0 aliphatic carbocycles. The number of rotatable bonds is 6. The van der Waals surface area contributed by atoms with Crippen LogP contribution < -0.4 is 21.3 Å². The summed E-state index contributed by atoms with van der Waals surface area (Å²) >= 11 is 0. The quantitative estimate of drug-likeness (QED) is 0.434. The zero-order valence-electron chi connectivity index (χ0n) is 11.5. The van der Waals surface area contributed by atoms with Crippen LogP contribution in [0.15, 0.2) is 24.3 Å². The molecule has 0 aromatic heterocycles. The van der Waals surface area contributed by atoms with Gasteiger partial charge in [0.2, 0.25) is 0 Å². The van der Waals surface area contributed by atoms with Crippen LogP contribution in [0.5, 0.6) is 5.75 Å². The first-order valence-corrected chi connectivity index (χ1v) is 6.16. The summed E-state index contributed by atoms with van der Waals surface area (Å²) in [6, 6.07) is 6.47. The number of hydroxylamine groups is 1. The predicted molar refractivity (Wildman–Crippen MR) is 72.5 cm³/mol. The molecule has 2 amide bonds. The number of ether oxygens (including phenoxy) is 1. The second-order valence-corrected chi connectivity index (χ2v) is 4.39. The second kappa shape index (κ2) is 6.88. The molecule has 0 saturated carbocycles. The third-order valence-corrected chi connectivity index (χ3v) is 2.83. The fourth-order valence-electron chi connectivity index (χ4n) is 1.52. The van der Waals surface area contributed by atoms with Crippen LogP contribution in [0.3, 0.4) is 0 Å². The summed E-state index contributed by atoms with van der Waals surface area (Å²) in [7, 11) is 0. The summed E-state index contributed by atoms with van der Waals surface area (Å²) in [4.78, 5) is 23.5. The lowest BCUT2D eigenvalue weighted by atomic mass is 10.0. The molecule has 7 nitrogen and oxygen atoms in total. The molecular weight excluding hydrogens is 262 g/mol. The Bertz CT molecular complexity index is 475. The Labute approximate surface area is 117 Å². The van der Waals surface area contributed by atoms with Crippen molar-refractivity contribution >= 4 is 11.8 Å². The molecule has 0 bridgehead atoms. The highest BCUT2D eigenvalue weighted by Crippen LogP contribution is 2.13. The number of nitrogens with one attached hydrogen (secondary N) is 2. The fraction of sp³-hybridized carbons (Fsp3) is 0.385. The Morgan fingerprint density at radius 3 is 2.40 bits per heavy atom. The van der Waals surface area contributed by atoms with Crippen molar-refractivity contribution in [2.45, 2.75) is 19.4 Å². The van der Waals surface area contributed by atoms with Gasteiger partial charge in [0.15, 0.2) is 0 Å². The second-order valence-electron chi connectivity index (χ2n) is 4.39. The van der Waals surface area contributed by atoms with Crippen molar-refractivity contribution in [3.05, 3.63) is 29.8 Å². The minimum absolute atomic E-state index is 0.151. The van der Waals surface area contributed by atoms with Crippen LogP contribution in [-0.4, -0.2) is 35.7 Å². The average molecular weight is 281 g/mol. The molecule has 0 saturated heterocycles. The lowest BCUT2D eigenvalue weighted by Gasteiger charge is -2.26. The third-order valence-electron chi connectivity index (χ3n) is 2.83.